The second kappa shape index (κ2) is 5.04. The van der Waals surface area contributed by atoms with E-state index in [1.165, 1.54) is 25.7 Å². The smallest absolute Gasteiger partial charge is 0.315 e. The molecule has 2 atom stereocenters. The summed E-state index contributed by atoms with van der Waals surface area (Å²) in [5.74, 6) is 1.20. The summed E-state index contributed by atoms with van der Waals surface area (Å²) in [5.41, 5.74) is 0. The van der Waals surface area contributed by atoms with Crippen molar-refractivity contribution in [2.24, 2.45) is 5.92 Å². The van der Waals surface area contributed by atoms with Crippen molar-refractivity contribution in [3.05, 3.63) is 5.89 Å². The third-order valence-electron chi connectivity index (χ3n) is 3.24. The Balaban J connectivity index is 1.92. The molecule has 1 aromatic heterocycles. The third-order valence-corrected chi connectivity index (χ3v) is 3.43. The number of aromatic nitrogens is 2. The predicted molar refractivity (Wildman–Crippen MR) is 63.6 cm³/mol. The summed E-state index contributed by atoms with van der Waals surface area (Å²) in [6.07, 6.45) is 5.26. The lowest BCUT2D eigenvalue weighted by Gasteiger charge is -2.18. The summed E-state index contributed by atoms with van der Waals surface area (Å²) >= 11 is 5.86. The molecule has 1 N–H and O–H groups in total. The van der Waals surface area contributed by atoms with Crippen molar-refractivity contribution in [3.8, 4) is 0 Å². The van der Waals surface area contributed by atoms with Gasteiger partial charge in [-0.1, -0.05) is 17.9 Å². The molecule has 0 aromatic carbocycles. The summed E-state index contributed by atoms with van der Waals surface area (Å²) < 4.78 is 5.41. The van der Waals surface area contributed by atoms with E-state index in [2.05, 4.69) is 22.4 Å². The van der Waals surface area contributed by atoms with Crippen LogP contribution in [0.4, 0.5) is 6.01 Å². The van der Waals surface area contributed by atoms with Gasteiger partial charge in [0.1, 0.15) is 5.38 Å². The molecule has 90 valence electrons. The van der Waals surface area contributed by atoms with Gasteiger partial charge in [0, 0.05) is 6.04 Å². The molecule has 0 spiro atoms. The van der Waals surface area contributed by atoms with Gasteiger partial charge in [-0.3, -0.25) is 0 Å². The lowest BCUT2D eigenvalue weighted by Crippen LogP contribution is -2.23. The lowest BCUT2D eigenvalue weighted by molar-refractivity contribution is 0.452. The van der Waals surface area contributed by atoms with Crippen molar-refractivity contribution in [3.63, 3.8) is 0 Å². The number of halogens is 1. The Morgan fingerprint density at radius 1 is 1.31 bits per heavy atom. The Labute approximate surface area is 101 Å². The van der Waals surface area contributed by atoms with Gasteiger partial charge in [0.05, 0.1) is 0 Å². The van der Waals surface area contributed by atoms with Crippen molar-refractivity contribution in [2.75, 3.05) is 5.32 Å². The number of hydrogen-bond donors (Lipinski definition) is 1. The molecular weight excluding hydrogens is 226 g/mol. The average molecular weight is 244 g/mol. The van der Waals surface area contributed by atoms with Crippen LogP contribution in [0.25, 0.3) is 0 Å². The molecule has 1 saturated carbocycles. The second-order valence-corrected chi connectivity index (χ2v) is 5.19. The molecule has 0 radical (unpaired) electrons. The van der Waals surface area contributed by atoms with E-state index in [1.54, 1.807) is 0 Å². The van der Waals surface area contributed by atoms with E-state index >= 15 is 0 Å². The van der Waals surface area contributed by atoms with E-state index in [-0.39, 0.29) is 5.38 Å². The maximum absolute atomic E-state index is 5.86. The van der Waals surface area contributed by atoms with Gasteiger partial charge in [0.25, 0.3) is 0 Å². The first-order chi connectivity index (χ1) is 7.66. The van der Waals surface area contributed by atoms with E-state index in [4.69, 9.17) is 16.0 Å². The molecule has 1 heterocycles. The summed E-state index contributed by atoms with van der Waals surface area (Å²) in [6, 6.07) is 0.878. The Kier molecular flexibility index (Phi) is 3.69. The molecule has 0 saturated heterocycles. The van der Waals surface area contributed by atoms with E-state index in [0.717, 1.165) is 5.92 Å². The van der Waals surface area contributed by atoms with Crippen molar-refractivity contribution in [1.29, 1.82) is 0 Å². The zero-order valence-electron chi connectivity index (χ0n) is 9.74. The molecule has 0 aliphatic heterocycles. The van der Waals surface area contributed by atoms with E-state index in [1.807, 2.05) is 6.92 Å². The lowest BCUT2D eigenvalue weighted by atomic mass is 10.0. The molecule has 16 heavy (non-hydrogen) atoms. The number of alkyl halides is 1. The van der Waals surface area contributed by atoms with Crippen LogP contribution in [0, 0.1) is 5.92 Å². The minimum atomic E-state index is -0.232. The molecule has 1 aliphatic rings. The van der Waals surface area contributed by atoms with Crippen LogP contribution >= 0.6 is 11.6 Å². The first-order valence-corrected chi connectivity index (χ1v) is 6.34. The number of nitrogens with zero attached hydrogens (tertiary/aromatic N) is 2. The highest BCUT2D eigenvalue weighted by Gasteiger charge is 2.23. The Morgan fingerprint density at radius 3 is 2.56 bits per heavy atom. The summed E-state index contributed by atoms with van der Waals surface area (Å²) in [4.78, 5) is 0. The van der Waals surface area contributed by atoms with E-state index in [9.17, 15) is 0 Å². The molecule has 2 rings (SSSR count). The Morgan fingerprint density at radius 2 is 2.00 bits per heavy atom. The van der Waals surface area contributed by atoms with Crippen molar-refractivity contribution < 1.29 is 4.42 Å². The molecule has 2 unspecified atom stereocenters. The van der Waals surface area contributed by atoms with Gasteiger partial charge in [-0.2, -0.15) is 0 Å². The zero-order valence-corrected chi connectivity index (χ0v) is 10.5. The first-order valence-electron chi connectivity index (χ1n) is 5.91. The SMILES string of the molecule is CC(Cl)c1nnc(NC(C)C2CCCC2)o1. The zero-order chi connectivity index (χ0) is 11.5. The van der Waals surface area contributed by atoms with Gasteiger partial charge < -0.3 is 9.73 Å². The maximum atomic E-state index is 5.86. The molecule has 4 nitrogen and oxygen atoms in total. The second-order valence-electron chi connectivity index (χ2n) is 4.54. The Bertz CT molecular complexity index is 334. The number of nitrogens with one attached hydrogen (secondary N) is 1. The largest absolute Gasteiger partial charge is 0.406 e. The number of anilines is 1. The fourth-order valence-corrected chi connectivity index (χ4v) is 2.31. The van der Waals surface area contributed by atoms with Gasteiger partial charge in [0.2, 0.25) is 5.89 Å². The summed E-state index contributed by atoms with van der Waals surface area (Å²) in [5, 5.41) is 10.8. The number of hydrogen-bond acceptors (Lipinski definition) is 4. The van der Waals surface area contributed by atoms with Crippen LogP contribution in [-0.4, -0.2) is 16.2 Å². The van der Waals surface area contributed by atoms with E-state index < -0.39 is 0 Å². The van der Waals surface area contributed by atoms with Crippen molar-refractivity contribution in [2.45, 2.75) is 50.9 Å². The van der Waals surface area contributed by atoms with Gasteiger partial charge >= 0.3 is 6.01 Å². The fourth-order valence-electron chi connectivity index (χ4n) is 2.22. The number of rotatable bonds is 4. The third kappa shape index (κ3) is 2.67. The molecule has 1 aliphatic carbocycles. The molecular formula is C11H18ClN3O. The average Bonchev–Trinajstić information content (AvgIpc) is 2.87. The van der Waals surface area contributed by atoms with Crippen LogP contribution in [0.15, 0.2) is 4.42 Å². The predicted octanol–water partition coefficient (Wildman–Crippen LogP) is 3.36. The fraction of sp³-hybridized carbons (Fsp3) is 0.818. The monoisotopic (exact) mass is 243 g/mol. The quantitative estimate of drug-likeness (QED) is 0.824. The van der Waals surface area contributed by atoms with Crippen LogP contribution in [0.1, 0.15) is 50.8 Å². The standard InChI is InChI=1S/C11H18ClN3O/c1-7(12)10-14-15-11(16-10)13-8(2)9-5-3-4-6-9/h7-9H,3-6H2,1-2H3,(H,13,15). The van der Waals surface area contributed by atoms with Crippen LogP contribution in [0.2, 0.25) is 0 Å². The van der Waals surface area contributed by atoms with Crippen molar-refractivity contribution >= 4 is 17.6 Å². The van der Waals surface area contributed by atoms with Crippen LogP contribution in [-0.2, 0) is 0 Å². The van der Waals surface area contributed by atoms with Crippen LogP contribution in [0.3, 0.4) is 0 Å². The van der Waals surface area contributed by atoms with Crippen molar-refractivity contribution in [1.82, 2.24) is 10.2 Å². The Hall–Kier alpha value is -0.770. The van der Waals surface area contributed by atoms with Gasteiger partial charge in [-0.15, -0.1) is 16.7 Å². The molecule has 1 aromatic rings. The van der Waals surface area contributed by atoms with Gasteiger partial charge in [0.15, 0.2) is 0 Å². The van der Waals surface area contributed by atoms with Crippen LogP contribution < -0.4 is 5.32 Å². The normalized spacial score (nSPS) is 20.9. The topological polar surface area (TPSA) is 51.0 Å². The highest BCUT2D eigenvalue weighted by Crippen LogP contribution is 2.29. The molecule has 1 fully saturated rings. The summed E-state index contributed by atoms with van der Waals surface area (Å²) in [7, 11) is 0. The minimum Gasteiger partial charge on any atom is -0.406 e. The highest BCUT2D eigenvalue weighted by atomic mass is 35.5. The molecule has 0 bridgehead atoms. The molecule has 5 heteroatoms. The minimum absolute atomic E-state index is 0.232. The van der Waals surface area contributed by atoms with E-state index in [0.29, 0.717) is 17.9 Å². The highest BCUT2D eigenvalue weighted by molar-refractivity contribution is 6.20. The summed E-state index contributed by atoms with van der Waals surface area (Å²) in [6.45, 7) is 3.99. The van der Waals surface area contributed by atoms with Gasteiger partial charge in [-0.25, -0.2) is 0 Å². The maximum Gasteiger partial charge on any atom is 0.315 e. The molecule has 0 amide bonds. The van der Waals surface area contributed by atoms with Gasteiger partial charge in [-0.05, 0) is 32.6 Å². The van der Waals surface area contributed by atoms with Crippen LogP contribution in [0.5, 0.6) is 0 Å². The first kappa shape index (κ1) is 11.7.